The molecule has 30 heavy (non-hydrogen) atoms. The first kappa shape index (κ1) is 19.3. The zero-order valence-electron chi connectivity index (χ0n) is 17.0. The number of morpholine rings is 1. The molecule has 8 heteroatoms. The highest BCUT2D eigenvalue weighted by Crippen LogP contribution is 2.23. The van der Waals surface area contributed by atoms with Crippen molar-refractivity contribution in [3.8, 4) is 5.69 Å². The van der Waals surface area contributed by atoms with Gasteiger partial charge in [0.2, 0.25) is 0 Å². The lowest BCUT2D eigenvalue weighted by atomic mass is 9.92. The number of aliphatic hydroxyl groups is 1. The second kappa shape index (κ2) is 7.86. The lowest BCUT2D eigenvalue weighted by Gasteiger charge is -2.32. The second-order valence-electron chi connectivity index (χ2n) is 8.19. The highest BCUT2D eigenvalue weighted by Gasteiger charge is 2.30. The van der Waals surface area contributed by atoms with E-state index in [9.17, 15) is 9.90 Å². The van der Waals surface area contributed by atoms with Gasteiger partial charge in [-0.25, -0.2) is 4.98 Å². The number of hydrogen-bond acceptors (Lipinski definition) is 6. The molecule has 2 aliphatic rings. The molecule has 0 unspecified atom stereocenters. The summed E-state index contributed by atoms with van der Waals surface area (Å²) in [4.78, 5) is 19.9. The first-order valence-corrected chi connectivity index (χ1v) is 10.6. The largest absolute Gasteiger partial charge is 0.388 e. The van der Waals surface area contributed by atoms with Crippen LogP contribution in [-0.4, -0.2) is 64.2 Å². The Morgan fingerprint density at radius 1 is 1.07 bits per heavy atom. The van der Waals surface area contributed by atoms with Crippen LogP contribution in [0.15, 0.2) is 47.7 Å². The molecular weight excluding hydrogens is 382 g/mol. The molecule has 0 aliphatic carbocycles. The van der Waals surface area contributed by atoms with Gasteiger partial charge in [-0.1, -0.05) is 0 Å². The normalized spacial score (nSPS) is 19.3. The van der Waals surface area contributed by atoms with Crippen molar-refractivity contribution in [3.05, 3.63) is 53.2 Å². The Bertz CT molecular complexity index is 1080. The number of hydrogen-bond donors (Lipinski definition) is 2. The van der Waals surface area contributed by atoms with Crippen LogP contribution in [0.3, 0.4) is 0 Å². The molecule has 1 aromatic carbocycles. The Morgan fingerprint density at radius 3 is 2.50 bits per heavy atom. The van der Waals surface area contributed by atoms with Gasteiger partial charge in [0, 0.05) is 30.7 Å². The fraction of sp³-hybridized carbons (Fsp3) is 0.455. The van der Waals surface area contributed by atoms with Crippen molar-refractivity contribution < 1.29 is 9.84 Å². The zero-order chi connectivity index (χ0) is 20.6. The molecule has 2 aliphatic heterocycles. The van der Waals surface area contributed by atoms with Gasteiger partial charge in [-0.05, 0) is 56.3 Å². The van der Waals surface area contributed by atoms with Gasteiger partial charge in [-0.2, -0.15) is 0 Å². The first-order valence-electron chi connectivity index (χ1n) is 10.6. The van der Waals surface area contributed by atoms with Crippen LogP contribution < -0.4 is 15.8 Å². The fourth-order valence-corrected chi connectivity index (χ4v) is 4.39. The van der Waals surface area contributed by atoms with Gasteiger partial charge in [0.25, 0.3) is 5.56 Å². The molecule has 0 spiro atoms. The van der Waals surface area contributed by atoms with E-state index in [2.05, 4.69) is 39.5 Å². The van der Waals surface area contributed by atoms with E-state index in [-0.39, 0.29) is 12.1 Å². The number of fused-ring (bicyclic) bond motifs is 1. The third kappa shape index (κ3) is 3.62. The van der Waals surface area contributed by atoms with Gasteiger partial charge in [0.1, 0.15) is 6.33 Å². The van der Waals surface area contributed by atoms with E-state index >= 15 is 0 Å². The molecule has 4 heterocycles. The summed E-state index contributed by atoms with van der Waals surface area (Å²) in [6.07, 6.45) is 4.71. The number of nitrogens with zero attached hydrogens (tertiary/aromatic N) is 4. The van der Waals surface area contributed by atoms with Crippen LogP contribution >= 0.6 is 0 Å². The Labute approximate surface area is 174 Å². The van der Waals surface area contributed by atoms with Crippen LogP contribution in [0, 0.1) is 0 Å². The molecular formula is C22H27N5O3. The van der Waals surface area contributed by atoms with E-state index in [1.165, 1.54) is 5.69 Å². The molecule has 2 aromatic heterocycles. The van der Waals surface area contributed by atoms with Crippen LogP contribution in [0.5, 0.6) is 0 Å². The van der Waals surface area contributed by atoms with E-state index in [0.29, 0.717) is 23.9 Å². The lowest BCUT2D eigenvalue weighted by molar-refractivity contribution is -0.00628. The maximum absolute atomic E-state index is 13.0. The van der Waals surface area contributed by atoms with Crippen molar-refractivity contribution in [2.75, 3.05) is 44.3 Å². The topological polar surface area (TPSA) is 84.5 Å². The molecule has 0 radical (unpaired) electrons. The summed E-state index contributed by atoms with van der Waals surface area (Å²) in [5, 5.41) is 14.6. The van der Waals surface area contributed by atoms with Gasteiger partial charge in [0.05, 0.1) is 30.7 Å². The summed E-state index contributed by atoms with van der Waals surface area (Å²) in [6.45, 7) is 5.10. The van der Waals surface area contributed by atoms with Crippen LogP contribution in [0.2, 0.25) is 0 Å². The molecule has 0 atom stereocenters. The second-order valence-corrected chi connectivity index (χ2v) is 8.19. The van der Waals surface area contributed by atoms with E-state index in [0.717, 1.165) is 45.1 Å². The summed E-state index contributed by atoms with van der Waals surface area (Å²) in [7, 11) is 0. The quantitative estimate of drug-likeness (QED) is 0.672. The predicted octanol–water partition coefficient (Wildman–Crippen LogP) is 1.14. The fourth-order valence-electron chi connectivity index (χ4n) is 4.39. The first-order chi connectivity index (χ1) is 14.6. The van der Waals surface area contributed by atoms with Crippen molar-refractivity contribution >= 4 is 16.7 Å². The van der Waals surface area contributed by atoms with Gasteiger partial charge in [0.15, 0.2) is 5.65 Å². The third-order valence-corrected chi connectivity index (χ3v) is 6.17. The maximum atomic E-state index is 13.0. The molecule has 2 N–H and O–H groups in total. The van der Waals surface area contributed by atoms with Crippen molar-refractivity contribution in [1.29, 1.82) is 0 Å². The van der Waals surface area contributed by atoms with Crippen LogP contribution in [0.4, 0.5) is 5.69 Å². The van der Waals surface area contributed by atoms with Gasteiger partial charge < -0.3 is 24.6 Å². The van der Waals surface area contributed by atoms with Crippen molar-refractivity contribution in [2.24, 2.45) is 0 Å². The smallest absolute Gasteiger partial charge is 0.262 e. The Kier molecular flexibility index (Phi) is 5.06. The maximum Gasteiger partial charge on any atom is 0.262 e. The Hall–Kier alpha value is -2.68. The van der Waals surface area contributed by atoms with E-state index < -0.39 is 5.60 Å². The Balaban J connectivity index is 1.42. The average molecular weight is 409 g/mol. The van der Waals surface area contributed by atoms with Gasteiger partial charge >= 0.3 is 0 Å². The standard InChI is InChI=1S/C22H27N5O3/c28-21-19-5-10-27(18-3-1-17(2-4-18)25-11-13-30-14-12-25)20(19)24-16-26(21)15-22(29)6-8-23-9-7-22/h1-5,10,16,23,29H,6-9,11-15H2. The van der Waals surface area contributed by atoms with E-state index in [1.807, 2.05) is 16.8 Å². The molecule has 0 saturated carbocycles. The summed E-state index contributed by atoms with van der Waals surface area (Å²) in [5.41, 5.74) is 1.79. The molecule has 0 amide bonds. The average Bonchev–Trinajstić information content (AvgIpc) is 3.22. The Morgan fingerprint density at radius 2 is 1.77 bits per heavy atom. The number of aromatic nitrogens is 3. The summed E-state index contributed by atoms with van der Waals surface area (Å²) in [6, 6.07) is 10.1. The van der Waals surface area contributed by atoms with E-state index in [1.54, 1.807) is 10.9 Å². The van der Waals surface area contributed by atoms with Crippen molar-refractivity contribution in [3.63, 3.8) is 0 Å². The monoisotopic (exact) mass is 409 g/mol. The summed E-state index contributed by atoms with van der Waals surface area (Å²) >= 11 is 0. The molecule has 8 nitrogen and oxygen atoms in total. The summed E-state index contributed by atoms with van der Waals surface area (Å²) < 4.78 is 8.90. The number of ether oxygens (including phenoxy) is 1. The van der Waals surface area contributed by atoms with Crippen LogP contribution in [0.1, 0.15) is 12.8 Å². The minimum Gasteiger partial charge on any atom is -0.388 e. The van der Waals surface area contributed by atoms with Crippen LogP contribution in [-0.2, 0) is 11.3 Å². The minimum absolute atomic E-state index is 0.115. The molecule has 0 bridgehead atoms. The van der Waals surface area contributed by atoms with Crippen molar-refractivity contribution in [2.45, 2.75) is 25.0 Å². The van der Waals surface area contributed by atoms with E-state index in [4.69, 9.17) is 4.74 Å². The molecule has 158 valence electrons. The zero-order valence-corrected chi connectivity index (χ0v) is 17.0. The number of piperidine rings is 1. The van der Waals surface area contributed by atoms with Crippen LogP contribution in [0.25, 0.3) is 16.7 Å². The number of rotatable bonds is 4. The predicted molar refractivity (Wildman–Crippen MR) is 115 cm³/mol. The highest BCUT2D eigenvalue weighted by atomic mass is 16.5. The molecule has 3 aromatic rings. The number of nitrogens with one attached hydrogen (secondary N) is 1. The molecule has 5 rings (SSSR count). The lowest BCUT2D eigenvalue weighted by Crippen LogP contribution is -2.46. The number of anilines is 1. The summed E-state index contributed by atoms with van der Waals surface area (Å²) in [5.74, 6) is 0. The number of benzene rings is 1. The van der Waals surface area contributed by atoms with Gasteiger partial charge in [-0.3, -0.25) is 9.36 Å². The minimum atomic E-state index is -0.859. The molecule has 2 saturated heterocycles. The molecule has 2 fully saturated rings. The third-order valence-electron chi connectivity index (χ3n) is 6.17. The van der Waals surface area contributed by atoms with Gasteiger partial charge in [-0.15, -0.1) is 0 Å². The highest BCUT2D eigenvalue weighted by molar-refractivity contribution is 5.77. The SMILES string of the molecule is O=c1c2ccn(-c3ccc(N4CCOCC4)cc3)c2ncn1CC1(O)CCNCC1. The van der Waals surface area contributed by atoms with Crippen molar-refractivity contribution in [1.82, 2.24) is 19.4 Å².